The van der Waals surface area contributed by atoms with Crippen LogP contribution in [0.5, 0.6) is 0 Å². The van der Waals surface area contributed by atoms with Gasteiger partial charge in [-0.05, 0) is 30.3 Å². The number of imidazole rings is 1. The van der Waals surface area contributed by atoms with Gasteiger partial charge in [0.05, 0.1) is 11.6 Å². The Morgan fingerprint density at radius 2 is 2.08 bits per heavy atom. The maximum Gasteiger partial charge on any atom is 0.251 e. The number of nitriles is 1. The first-order chi connectivity index (χ1) is 11.8. The summed E-state index contributed by atoms with van der Waals surface area (Å²) >= 11 is 0. The summed E-state index contributed by atoms with van der Waals surface area (Å²) in [6, 6.07) is 14.3. The van der Waals surface area contributed by atoms with Crippen molar-refractivity contribution in [1.29, 1.82) is 5.26 Å². The number of amides is 1. The molecule has 0 aliphatic heterocycles. The van der Waals surface area contributed by atoms with Crippen LogP contribution in [-0.4, -0.2) is 27.0 Å². The maximum absolute atomic E-state index is 12.1. The highest BCUT2D eigenvalue weighted by molar-refractivity contribution is 5.94. The third-order valence-corrected chi connectivity index (χ3v) is 3.50. The van der Waals surface area contributed by atoms with E-state index in [-0.39, 0.29) is 5.91 Å². The Hall–Kier alpha value is -3.46. The highest BCUT2D eigenvalue weighted by Crippen LogP contribution is 2.13. The zero-order chi connectivity index (χ0) is 16.8. The van der Waals surface area contributed by atoms with Crippen LogP contribution in [0.15, 0.2) is 61.1 Å². The molecule has 24 heavy (non-hydrogen) atoms. The second kappa shape index (κ2) is 7.20. The van der Waals surface area contributed by atoms with Gasteiger partial charge in [-0.3, -0.25) is 9.78 Å². The van der Waals surface area contributed by atoms with E-state index in [9.17, 15) is 4.79 Å². The standard InChI is InChI=1S/C18H15N5O/c19-13-14-4-3-5-15(12-14)18(24)22-9-11-23-10-8-21-17(23)16-6-1-2-7-20-16/h1-8,10,12H,9,11H2,(H,22,24). The predicted molar refractivity (Wildman–Crippen MR) is 88.9 cm³/mol. The summed E-state index contributed by atoms with van der Waals surface area (Å²) in [7, 11) is 0. The number of hydrogen-bond acceptors (Lipinski definition) is 4. The summed E-state index contributed by atoms with van der Waals surface area (Å²) in [5.74, 6) is 0.558. The van der Waals surface area contributed by atoms with Crippen LogP contribution in [0.2, 0.25) is 0 Å². The lowest BCUT2D eigenvalue weighted by molar-refractivity contribution is 0.0952. The minimum absolute atomic E-state index is 0.202. The van der Waals surface area contributed by atoms with E-state index in [0.717, 1.165) is 11.5 Å². The van der Waals surface area contributed by atoms with Crippen LogP contribution in [0, 0.1) is 11.3 Å². The zero-order valence-corrected chi connectivity index (χ0v) is 12.9. The second-order valence-corrected chi connectivity index (χ2v) is 5.11. The number of carbonyl (C=O) groups is 1. The molecule has 118 valence electrons. The third-order valence-electron chi connectivity index (χ3n) is 3.50. The summed E-state index contributed by atoms with van der Waals surface area (Å²) < 4.78 is 1.94. The van der Waals surface area contributed by atoms with Crippen molar-refractivity contribution in [3.63, 3.8) is 0 Å². The number of rotatable bonds is 5. The van der Waals surface area contributed by atoms with Crippen LogP contribution in [0.1, 0.15) is 15.9 Å². The van der Waals surface area contributed by atoms with Crippen molar-refractivity contribution < 1.29 is 4.79 Å². The average Bonchev–Trinajstić information content (AvgIpc) is 3.11. The van der Waals surface area contributed by atoms with Crippen molar-refractivity contribution in [2.24, 2.45) is 0 Å². The van der Waals surface area contributed by atoms with Gasteiger partial charge in [0.1, 0.15) is 5.69 Å². The van der Waals surface area contributed by atoms with Crippen LogP contribution < -0.4 is 5.32 Å². The Labute approximate surface area is 139 Å². The molecule has 3 aromatic rings. The monoisotopic (exact) mass is 317 g/mol. The fraction of sp³-hybridized carbons (Fsp3) is 0.111. The van der Waals surface area contributed by atoms with Crippen molar-refractivity contribution in [2.75, 3.05) is 6.54 Å². The molecule has 0 radical (unpaired) electrons. The van der Waals surface area contributed by atoms with Gasteiger partial charge in [-0.25, -0.2) is 4.98 Å². The van der Waals surface area contributed by atoms with Crippen molar-refractivity contribution in [2.45, 2.75) is 6.54 Å². The number of pyridine rings is 1. The second-order valence-electron chi connectivity index (χ2n) is 5.11. The average molecular weight is 317 g/mol. The van der Waals surface area contributed by atoms with Crippen LogP contribution >= 0.6 is 0 Å². The first kappa shape index (κ1) is 15.4. The fourth-order valence-corrected chi connectivity index (χ4v) is 2.34. The van der Waals surface area contributed by atoms with Gasteiger partial charge in [0.15, 0.2) is 5.82 Å². The molecule has 0 aliphatic carbocycles. The molecule has 0 bridgehead atoms. The summed E-state index contributed by atoms with van der Waals surface area (Å²) in [6.45, 7) is 1.03. The van der Waals surface area contributed by atoms with Gasteiger partial charge in [0.2, 0.25) is 0 Å². The summed E-state index contributed by atoms with van der Waals surface area (Å²) in [5.41, 5.74) is 1.73. The summed E-state index contributed by atoms with van der Waals surface area (Å²) in [6.07, 6.45) is 5.28. The highest BCUT2D eigenvalue weighted by Gasteiger charge is 2.08. The molecule has 0 spiro atoms. The third kappa shape index (κ3) is 3.47. The number of hydrogen-bond donors (Lipinski definition) is 1. The molecule has 0 atom stereocenters. The summed E-state index contributed by atoms with van der Waals surface area (Å²) in [5, 5.41) is 11.7. The Balaban J connectivity index is 1.62. The van der Waals surface area contributed by atoms with E-state index in [2.05, 4.69) is 15.3 Å². The quantitative estimate of drug-likeness (QED) is 0.782. The fourth-order valence-electron chi connectivity index (χ4n) is 2.34. The van der Waals surface area contributed by atoms with E-state index in [4.69, 9.17) is 5.26 Å². The lowest BCUT2D eigenvalue weighted by Crippen LogP contribution is -2.27. The molecule has 1 aromatic carbocycles. The van der Waals surface area contributed by atoms with Gasteiger partial charge in [0, 0.05) is 37.2 Å². The van der Waals surface area contributed by atoms with E-state index < -0.39 is 0 Å². The minimum Gasteiger partial charge on any atom is -0.350 e. The number of benzene rings is 1. The van der Waals surface area contributed by atoms with Crippen LogP contribution in [0.25, 0.3) is 11.5 Å². The molecular weight excluding hydrogens is 302 g/mol. The van der Waals surface area contributed by atoms with E-state index in [1.165, 1.54) is 0 Å². The highest BCUT2D eigenvalue weighted by atomic mass is 16.1. The van der Waals surface area contributed by atoms with Crippen molar-refractivity contribution in [1.82, 2.24) is 19.9 Å². The van der Waals surface area contributed by atoms with Crippen LogP contribution in [0.4, 0.5) is 0 Å². The van der Waals surface area contributed by atoms with E-state index in [1.54, 1.807) is 36.7 Å². The van der Waals surface area contributed by atoms with E-state index in [0.29, 0.717) is 24.2 Å². The number of carbonyl (C=O) groups excluding carboxylic acids is 1. The number of aromatic nitrogens is 3. The Morgan fingerprint density at radius 1 is 1.17 bits per heavy atom. The smallest absolute Gasteiger partial charge is 0.251 e. The van der Waals surface area contributed by atoms with Gasteiger partial charge in [-0.1, -0.05) is 12.1 Å². The lowest BCUT2D eigenvalue weighted by atomic mass is 10.1. The zero-order valence-electron chi connectivity index (χ0n) is 12.9. The number of nitrogens with one attached hydrogen (secondary N) is 1. The van der Waals surface area contributed by atoms with Gasteiger partial charge in [-0.15, -0.1) is 0 Å². The molecule has 0 fully saturated rings. The molecule has 6 heteroatoms. The van der Waals surface area contributed by atoms with Crippen molar-refractivity contribution in [3.05, 3.63) is 72.2 Å². The molecule has 0 saturated carbocycles. The molecule has 0 saturated heterocycles. The molecule has 0 unspecified atom stereocenters. The molecule has 1 N–H and O–H groups in total. The van der Waals surface area contributed by atoms with Gasteiger partial charge < -0.3 is 9.88 Å². The van der Waals surface area contributed by atoms with E-state index in [1.807, 2.05) is 35.0 Å². The molecule has 2 aromatic heterocycles. The predicted octanol–water partition coefficient (Wildman–Crippen LogP) is 2.25. The SMILES string of the molecule is N#Cc1cccc(C(=O)NCCn2ccnc2-c2ccccn2)c1. The van der Waals surface area contributed by atoms with Gasteiger partial charge >= 0.3 is 0 Å². The van der Waals surface area contributed by atoms with Crippen molar-refractivity contribution >= 4 is 5.91 Å². The topological polar surface area (TPSA) is 83.6 Å². The molecule has 2 heterocycles. The molecule has 1 amide bonds. The normalized spacial score (nSPS) is 10.1. The molecule has 3 rings (SSSR count). The van der Waals surface area contributed by atoms with E-state index >= 15 is 0 Å². The summed E-state index contributed by atoms with van der Waals surface area (Å²) in [4.78, 5) is 20.7. The van der Waals surface area contributed by atoms with Crippen LogP contribution in [0.3, 0.4) is 0 Å². The molecular formula is C18H15N5O. The van der Waals surface area contributed by atoms with Crippen molar-refractivity contribution in [3.8, 4) is 17.6 Å². The van der Waals surface area contributed by atoms with Gasteiger partial charge in [-0.2, -0.15) is 5.26 Å². The first-order valence-electron chi connectivity index (χ1n) is 7.49. The van der Waals surface area contributed by atoms with Gasteiger partial charge in [0.25, 0.3) is 5.91 Å². The Bertz CT molecular complexity index is 880. The Kier molecular flexibility index (Phi) is 4.63. The first-order valence-corrected chi connectivity index (χ1v) is 7.49. The molecule has 0 aliphatic rings. The molecule has 6 nitrogen and oxygen atoms in total. The van der Waals surface area contributed by atoms with Crippen LogP contribution in [-0.2, 0) is 6.54 Å². The largest absolute Gasteiger partial charge is 0.350 e. The minimum atomic E-state index is -0.202. The number of nitrogens with zero attached hydrogens (tertiary/aromatic N) is 4. The lowest BCUT2D eigenvalue weighted by Gasteiger charge is -2.09. The Morgan fingerprint density at radius 3 is 2.88 bits per heavy atom. The maximum atomic E-state index is 12.1.